The summed E-state index contributed by atoms with van der Waals surface area (Å²) in [5, 5.41) is 3.36. The molecule has 0 aliphatic heterocycles. The zero-order valence-corrected chi connectivity index (χ0v) is 15.2. The maximum atomic E-state index is 12.9. The van der Waals surface area contributed by atoms with E-state index in [9.17, 15) is 26.0 Å². The van der Waals surface area contributed by atoms with E-state index in [-0.39, 0.29) is 22.7 Å². The van der Waals surface area contributed by atoms with E-state index in [0.717, 1.165) is 0 Å². The number of nitrogens with zero attached hydrogens (tertiary/aromatic N) is 1. The summed E-state index contributed by atoms with van der Waals surface area (Å²) in [6, 6.07) is 10.1. The van der Waals surface area contributed by atoms with Crippen molar-refractivity contribution in [3.05, 3.63) is 71.2 Å². The Hall–Kier alpha value is -2.72. The molecule has 3 aromatic rings. The van der Waals surface area contributed by atoms with Crippen LogP contribution < -0.4 is 4.72 Å². The second kappa shape index (κ2) is 7.36. The van der Waals surface area contributed by atoms with E-state index in [4.69, 9.17) is 0 Å². The van der Waals surface area contributed by atoms with E-state index in [1.165, 1.54) is 42.5 Å². The molecule has 3 rings (SSSR count). The van der Waals surface area contributed by atoms with Gasteiger partial charge in [0.1, 0.15) is 11.5 Å². The number of aromatic nitrogens is 1. The standard InChI is InChI=1S/C18H14F4N2O3S/c1-11-2-5-13(15-9-17(27-24-15)18(20,21)22)8-16(11)28(25,26)23-10-12-3-6-14(19)7-4-12/h2-9,23H,10H2,1H3. The van der Waals surface area contributed by atoms with Crippen molar-refractivity contribution in [1.29, 1.82) is 0 Å². The van der Waals surface area contributed by atoms with Gasteiger partial charge in [-0.1, -0.05) is 29.4 Å². The van der Waals surface area contributed by atoms with Gasteiger partial charge in [0.15, 0.2) is 0 Å². The molecule has 2 aromatic carbocycles. The van der Waals surface area contributed by atoms with Crippen molar-refractivity contribution >= 4 is 10.0 Å². The number of benzene rings is 2. The first-order chi connectivity index (χ1) is 13.1. The second-order valence-electron chi connectivity index (χ2n) is 6.01. The highest BCUT2D eigenvalue weighted by Gasteiger charge is 2.36. The number of rotatable bonds is 5. The maximum absolute atomic E-state index is 12.9. The Kier molecular flexibility index (Phi) is 5.26. The molecule has 0 aliphatic rings. The number of nitrogens with one attached hydrogen (secondary N) is 1. The number of halogens is 4. The van der Waals surface area contributed by atoms with E-state index in [1.807, 2.05) is 0 Å². The van der Waals surface area contributed by atoms with E-state index in [2.05, 4.69) is 14.4 Å². The summed E-state index contributed by atoms with van der Waals surface area (Å²) in [6.45, 7) is 1.48. The Balaban J connectivity index is 1.87. The Bertz CT molecular complexity index is 1090. The number of hydrogen-bond acceptors (Lipinski definition) is 4. The van der Waals surface area contributed by atoms with E-state index < -0.39 is 27.8 Å². The van der Waals surface area contributed by atoms with Crippen molar-refractivity contribution in [2.24, 2.45) is 0 Å². The third-order valence-electron chi connectivity index (χ3n) is 3.94. The van der Waals surface area contributed by atoms with Crippen molar-refractivity contribution in [2.45, 2.75) is 24.5 Å². The summed E-state index contributed by atoms with van der Waals surface area (Å²) in [4.78, 5) is -0.108. The quantitative estimate of drug-likeness (QED) is 0.633. The van der Waals surface area contributed by atoms with Gasteiger partial charge < -0.3 is 4.52 Å². The van der Waals surface area contributed by atoms with Crippen molar-refractivity contribution < 1.29 is 30.5 Å². The van der Waals surface area contributed by atoms with Crippen LogP contribution >= 0.6 is 0 Å². The summed E-state index contributed by atoms with van der Waals surface area (Å²) >= 11 is 0. The van der Waals surface area contributed by atoms with Gasteiger partial charge in [0.05, 0.1) is 4.90 Å². The fraction of sp³-hybridized carbons (Fsp3) is 0.167. The Labute approximate surface area is 158 Å². The average molecular weight is 414 g/mol. The SMILES string of the molecule is Cc1ccc(-c2cc(C(F)(F)F)on2)cc1S(=O)(=O)NCc1ccc(F)cc1. The van der Waals surface area contributed by atoms with Gasteiger partial charge >= 0.3 is 6.18 Å². The van der Waals surface area contributed by atoms with Crippen LogP contribution in [0.1, 0.15) is 16.9 Å². The summed E-state index contributed by atoms with van der Waals surface area (Å²) in [5.41, 5.74) is 0.967. The van der Waals surface area contributed by atoms with Crippen LogP contribution in [0.4, 0.5) is 17.6 Å². The first-order valence-corrected chi connectivity index (χ1v) is 9.43. The van der Waals surface area contributed by atoms with Crippen LogP contribution in [-0.4, -0.2) is 13.6 Å². The smallest absolute Gasteiger partial charge is 0.351 e. The molecule has 1 N–H and O–H groups in total. The molecule has 0 spiro atoms. The van der Waals surface area contributed by atoms with E-state index in [0.29, 0.717) is 17.2 Å². The van der Waals surface area contributed by atoms with Crippen LogP contribution in [0.5, 0.6) is 0 Å². The van der Waals surface area contributed by atoms with Gasteiger partial charge in [-0.3, -0.25) is 0 Å². The first-order valence-electron chi connectivity index (χ1n) is 7.95. The summed E-state index contributed by atoms with van der Waals surface area (Å²) in [6.07, 6.45) is -4.69. The normalized spacial score (nSPS) is 12.3. The second-order valence-corrected chi connectivity index (χ2v) is 7.74. The molecule has 0 saturated heterocycles. The van der Waals surface area contributed by atoms with Gasteiger partial charge in [-0.05, 0) is 36.2 Å². The molecule has 1 aromatic heterocycles. The summed E-state index contributed by atoms with van der Waals surface area (Å²) in [5.74, 6) is -1.72. The van der Waals surface area contributed by atoms with Gasteiger partial charge in [-0.2, -0.15) is 13.2 Å². The fourth-order valence-electron chi connectivity index (χ4n) is 2.45. The predicted octanol–water partition coefficient (Wildman–Crippen LogP) is 4.29. The summed E-state index contributed by atoms with van der Waals surface area (Å²) in [7, 11) is -3.98. The maximum Gasteiger partial charge on any atom is 0.452 e. The van der Waals surface area contributed by atoms with Crippen LogP contribution in [0.2, 0.25) is 0 Å². The number of sulfonamides is 1. The molecule has 5 nitrogen and oxygen atoms in total. The molecule has 28 heavy (non-hydrogen) atoms. The van der Waals surface area contributed by atoms with Gasteiger partial charge in [0.2, 0.25) is 15.8 Å². The molecule has 0 bridgehead atoms. The first kappa shape index (κ1) is 20.0. The molecular weight excluding hydrogens is 400 g/mol. The van der Waals surface area contributed by atoms with Crippen LogP contribution in [0, 0.1) is 12.7 Å². The van der Waals surface area contributed by atoms with Gasteiger partial charge in [0.25, 0.3) is 0 Å². The van der Waals surface area contributed by atoms with Crippen molar-refractivity contribution in [2.75, 3.05) is 0 Å². The largest absolute Gasteiger partial charge is 0.452 e. The highest BCUT2D eigenvalue weighted by Crippen LogP contribution is 2.33. The van der Waals surface area contributed by atoms with Crippen LogP contribution in [0.3, 0.4) is 0 Å². The molecule has 148 valence electrons. The highest BCUT2D eigenvalue weighted by molar-refractivity contribution is 7.89. The van der Waals surface area contributed by atoms with Gasteiger partial charge in [0, 0.05) is 18.2 Å². The van der Waals surface area contributed by atoms with Crippen molar-refractivity contribution in [3.63, 3.8) is 0 Å². The fourth-order valence-corrected chi connectivity index (χ4v) is 3.74. The minimum Gasteiger partial charge on any atom is -0.351 e. The number of hydrogen-bond donors (Lipinski definition) is 1. The van der Waals surface area contributed by atoms with Crippen LogP contribution in [-0.2, 0) is 22.7 Å². The van der Waals surface area contributed by atoms with Crippen LogP contribution in [0.25, 0.3) is 11.3 Å². The van der Waals surface area contributed by atoms with E-state index >= 15 is 0 Å². The lowest BCUT2D eigenvalue weighted by molar-refractivity contribution is -0.155. The molecule has 0 amide bonds. The molecule has 0 aliphatic carbocycles. The molecule has 0 atom stereocenters. The summed E-state index contributed by atoms with van der Waals surface area (Å²) < 4.78 is 82.9. The molecular formula is C18H14F4N2O3S. The van der Waals surface area contributed by atoms with E-state index in [1.54, 1.807) is 6.92 Å². The van der Waals surface area contributed by atoms with Gasteiger partial charge in [-0.25, -0.2) is 17.5 Å². The Morgan fingerprint density at radius 2 is 1.75 bits per heavy atom. The lowest BCUT2D eigenvalue weighted by Crippen LogP contribution is -2.24. The topological polar surface area (TPSA) is 72.2 Å². The highest BCUT2D eigenvalue weighted by atomic mass is 32.2. The Morgan fingerprint density at radius 1 is 1.07 bits per heavy atom. The van der Waals surface area contributed by atoms with Crippen molar-refractivity contribution in [3.8, 4) is 11.3 Å². The minimum absolute atomic E-state index is 0.0749. The Morgan fingerprint density at radius 3 is 2.36 bits per heavy atom. The lowest BCUT2D eigenvalue weighted by atomic mass is 10.1. The molecule has 1 heterocycles. The molecule has 0 saturated carbocycles. The number of alkyl halides is 3. The third-order valence-corrected chi connectivity index (χ3v) is 5.49. The monoisotopic (exact) mass is 414 g/mol. The molecule has 0 radical (unpaired) electrons. The lowest BCUT2D eigenvalue weighted by Gasteiger charge is -2.11. The molecule has 0 unspecified atom stereocenters. The minimum atomic E-state index is -4.69. The third kappa shape index (κ3) is 4.39. The molecule has 10 heteroatoms. The van der Waals surface area contributed by atoms with Crippen LogP contribution in [0.15, 0.2) is 57.9 Å². The zero-order chi connectivity index (χ0) is 20.5. The zero-order valence-electron chi connectivity index (χ0n) is 14.4. The molecule has 0 fully saturated rings. The number of aryl methyl sites for hydroxylation is 1. The van der Waals surface area contributed by atoms with Crippen molar-refractivity contribution in [1.82, 2.24) is 9.88 Å². The average Bonchev–Trinajstić information content (AvgIpc) is 3.12. The van der Waals surface area contributed by atoms with Gasteiger partial charge in [-0.15, -0.1) is 0 Å². The predicted molar refractivity (Wildman–Crippen MR) is 92.1 cm³/mol.